The Morgan fingerprint density at radius 1 is 1.00 bits per heavy atom. The quantitative estimate of drug-likeness (QED) is 0.714. The van der Waals surface area contributed by atoms with Gasteiger partial charge in [-0.15, -0.1) is 0 Å². The van der Waals surface area contributed by atoms with Crippen LogP contribution in [0.3, 0.4) is 0 Å². The van der Waals surface area contributed by atoms with Crippen LogP contribution in [0, 0.1) is 0 Å². The van der Waals surface area contributed by atoms with Crippen LogP contribution in [0.25, 0.3) is 22.6 Å². The van der Waals surface area contributed by atoms with Crippen molar-refractivity contribution >= 4 is 42.9 Å². The SMILES string of the molecule is Brc1ccc(-c2nc3ccc(Br)cc3[nH]2)nc1. The van der Waals surface area contributed by atoms with E-state index in [4.69, 9.17) is 0 Å². The second kappa shape index (κ2) is 4.23. The van der Waals surface area contributed by atoms with Crippen molar-refractivity contribution in [3.63, 3.8) is 0 Å². The zero-order valence-corrected chi connectivity index (χ0v) is 11.8. The lowest BCUT2D eigenvalue weighted by atomic mass is 10.3. The lowest BCUT2D eigenvalue weighted by Crippen LogP contribution is -1.84. The summed E-state index contributed by atoms with van der Waals surface area (Å²) in [6.45, 7) is 0. The summed E-state index contributed by atoms with van der Waals surface area (Å²) >= 11 is 6.80. The summed E-state index contributed by atoms with van der Waals surface area (Å²) in [7, 11) is 0. The van der Waals surface area contributed by atoms with E-state index in [1.54, 1.807) is 6.20 Å². The fourth-order valence-electron chi connectivity index (χ4n) is 1.62. The van der Waals surface area contributed by atoms with Crippen LogP contribution in [0.5, 0.6) is 0 Å². The van der Waals surface area contributed by atoms with Crippen molar-refractivity contribution in [2.45, 2.75) is 0 Å². The summed E-state index contributed by atoms with van der Waals surface area (Å²) in [5.41, 5.74) is 2.77. The number of hydrogen-bond donors (Lipinski definition) is 1. The van der Waals surface area contributed by atoms with Gasteiger partial charge < -0.3 is 4.98 Å². The Balaban J connectivity index is 2.14. The number of benzene rings is 1. The number of halogens is 2. The van der Waals surface area contributed by atoms with Crippen LogP contribution < -0.4 is 0 Å². The maximum atomic E-state index is 4.50. The Morgan fingerprint density at radius 3 is 2.59 bits per heavy atom. The van der Waals surface area contributed by atoms with E-state index >= 15 is 0 Å². The number of nitrogens with one attached hydrogen (secondary N) is 1. The van der Waals surface area contributed by atoms with Crippen LogP contribution in [0.15, 0.2) is 45.5 Å². The van der Waals surface area contributed by atoms with Crippen molar-refractivity contribution in [1.82, 2.24) is 15.0 Å². The van der Waals surface area contributed by atoms with Gasteiger partial charge in [-0.05, 0) is 46.3 Å². The molecule has 3 rings (SSSR count). The Bertz CT molecular complexity index is 674. The molecule has 0 amide bonds. The number of rotatable bonds is 1. The third-order valence-electron chi connectivity index (χ3n) is 2.41. The highest BCUT2D eigenvalue weighted by Gasteiger charge is 2.06. The van der Waals surface area contributed by atoms with E-state index < -0.39 is 0 Å². The summed E-state index contributed by atoms with van der Waals surface area (Å²) in [5.74, 6) is 0.783. The van der Waals surface area contributed by atoms with Gasteiger partial charge in [0.25, 0.3) is 0 Å². The minimum Gasteiger partial charge on any atom is -0.337 e. The predicted molar refractivity (Wildman–Crippen MR) is 74.7 cm³/mol. The first-order valence-electron chi connectivity index (χ1n) is 4.99. The Morgan fingerprint density at radius 2 is 1.82 bits per heavy atom. The molecule has 84 valence electrons. The lowest BCUT2D eigenvalue weighted by molar-refractivity contribution is 1.23. The van der Waals surface area contributed by atoms with Gasteiger partial charge >= 0.3 is 0 Å². The van der Waals surface area contributed by atoms with Gasteiger partial charge in [0.15, 0.2) is 5.82 Å². The molecule has 0 radical (unpaired) electrons. The number of fused-ring (bicyclic) bond motifs is 1. The summed E-state index contributed by atoms with van der Waals surface area (Å²) in [5, 5.41) is 0. The highest BCUT2D eigenvalue weighted by Crippen LogP contribution is 2.22. The maximum Gasteiger partial charge on any atom is 0.157 e. The number of nitrogens with zero attached hydrogens (tertiary/aromatic N) is 2. The molecule has 0 fully saturated rings. The Labute approximate surface area is 115 Å². The van der Waals surface area contributed by atoms with E-state index in [0.717, 1.165) is 31.5 Å². The standard InChI is InChI=1S/C12H7Br2N3/c13-7-1-3-9-11(5-7)17-12(16-9)10-4-2-8(14)6-15-10/h1-6H,(H,16,17). The average Bonchev–Trinajstić information content (AvgIpc) is 2.72. The second-order valence-corrected chi connectivity index (χ2v) is 5.44. The molecule has 0 unspecified atom stereocenters. The van der Waals surface area contributed by atoms with Crippen molar-refractivity contribution in [1.29, 1.82) is 0 Å². The van der Waals surface area contributed by atoms with Gasteiger partial charge in [-0.1, -0.05) is 15.9 Å². The predicted octanol–water partition coefficient (Wildman–Crippen LogP) is 4.15. The molecule has 0 aliphatic carbocycles. The van der Waals surface area contributed by atoms with Crippen LogP contribution in [0.1, 0.15) is 0 Å². The third-order valence-corrected chi connectivity index (χ3v) is 3.38. The fourth-order valence-corrected chi connectivity index (χ4v) is 2.21. The molecule has 0 bridgehead atoms. The van der Waals surface area contributed by atoms with Crippen molar-refractivity contribution < 1.29 is 0 Å². The van der Waals surface area contributed by atoms with Crippen molar-refractivity contribution in [3.8, 4) is 11.5 Å². The summed E-state index contributed by atoms with van der Waals surface area (Å²) in [4.78, 5) is 12.1. The molecule has 2 aromatic heterocycles. The Hall–Kier alpha value is -1.20. The summed E-state index contributed by atoms with van der Waals surface area (Å²) in [6.07, 6.45) is 1.76. The molecule has 0 aliphatic heterocycles. The first kappa shape index (κ1) is 10.9. The van der Waals surface area contributed by atoms with Gasteiger partial charge in [0.1, 0.15) is 5.69 Å². The molecule has 3 nitrogen and oxygen atoms in total. The number of imidazole rings is 1. The highest BCUT2D eigenvalue weighted by atomic mass is 79.9. The molecule has 0 saturated heterocycles. The van der Waals surface area contributed by atoms with Crippen molar-refractivity contribution in [2.75, 3.05) is 0 Å². The normalized spacial score (nSPS) is 10.9. The van der Waals surface area contributed by atoms with Gasteiger partial charge in [0, 0.05) is 15.1 Å². The van der Waals surface area contributed by atoms with Gasteiger partial charge in [0.05, 0.1) is 11.0 Å². The van der Waals surface area contributed by atoms with E-state index in [-0.39, 0.29) is 0 Å². The first-order chi connectivity index (χ1) is 8.22. The molecule has 3 aromatic rings. The van der Waals surface area contributed by atoms with Gasteiger partial charge in [-0.2, -0.15) is 0 Å². The molecule has 0 spiro atoms. The monoisotopic (exact) mass is 351 g/mol. The number of pyridine rings is 1. The number of H-pyrrole nitrogens is 1. The van der Waals surface area contributed by atoms with Crippen LogP contribution in [0.2, 0.25) is 0 Å². The molecule has 0 saturated carbocycles. The molecule has 1 aromatic carbocycles. The zero-order chi connectivity index (χ0) is 11.8. The smallest absolute Gasteiger partial charge is 0.157 e. The number of aromatic nitrogens is 3. The third kappa shape index (κ3) is 2.12. The number of hydrogen-bond acceptors (Lipinski definition) is 2. The highest BCUT2D eigenvalue weighted by molar-refractivity contribution is 9.10. The van der Waals surface area contributed by atoms with Gasteiger partial charge in [-0.25, -0.2) is 4.98 Å². The van der Waals surface area contributed by atoms with Crippen molar-refractivity contribution in [2.24, 2.45) is 0 Å². The molecule has 5 heteroatoms. The van der Waals surface area contributed by atoms with Crippen LogP contribution in [-0.4, -0.2) is 15.0 Å². The van der Waals surface area contributed by atoms with E-state index in [1.807, 2.05) is 30.3 Å². The lowest BCUT2D eigenvalue weighted by Gasteiger charge is -1.94. The molecule has 2 heterocycles. The Kier molecular flexibility index (Phi) is 2.72. The molecular weight excluding hydrogens is 346 g/mol. The van der Waals surface area contributed by atoms with Gasteiger partial charge in [0.2, 0.25) is 0 Å². The van der Waals surface area contributed by atoms with Crippen LogP contribution in [0.4, 0.5) is 0 Å². The number of aromatic amines is 1. The fraction of sp³-hybridized carbons (Fsp3) is 0. The van der Waals surface area contributed by atoms with Crippen LogP contribution in [-0.2, 0) is 0 Å². The minimum atomic E-state index is 0.783. The molecule has 0 atom stereocenters. The average molecular weight is 353 g/mol. The summed E-state index contributed by atoms with van der Waals surface area (Å²) < 4.78 is 1.99. The molecular formula is C12H7Br2N3. The van der Waals surface area contributed by atoms with Gasteiger partial charge in [-0.3, -0.25) is 4.98 Å². The zero-order valence-electron chi connectivity index (χ0n) is 8.61. The van der Waals surface area contributed by atoms with E-state index in [2.05, 4.69) is 46.8 Å². The second-order valence-electron chi connectivity index (χ2n) is 3.61. The minimum absolute atomic E-state index is 0.783. The van der Waals surface area contributed by atoms with Crippen LogP contribution >= 0.6 is 31.9 Å². The molecule has 17 heavy (non-hydrogen) atoms. The van der Waals surface area contributed by atoms with E-state index in [1.165, 1.54) is 0 Å². The largest absolute Gasteiger partial charge is 0.337 e. The first-order valence-corrected chi connectivity index (χ1v) is 6.58. The summed E-state index contributed by atoms with van der Waals surface area (Å²) in [6, 6.07) is 9.83. The van der Waals surface area contributed by atoms with E-state index in [0.29, 0.717) is 0 Å². The molecule has 0 aliphatic rings. The van der Waals surface area contributed by atoms with Crippen molar-refractivity contribution in [3.05, 3.63) is 45.5 Å². The molecule has 1 N–H and O–H groups in total. The topological polar surface area (TPSA) is 41.6 Å². The van der Waals surface area contributed by atoms with E-state index in [9.17, 15) is 0 Å². The maximum absolute atomic E-state index is 4.50.